The summed E-state index contributed by atoms with van der Waals surface area (Å²) < 4.78 is 5.38. The monoisotopic (exact) mass is 319 g/mol. The molecular formula is C14H19Cl2NO3. The average Bonchev–Trinajstić information content (AvgIpc) is 2.44. The van der Waals surface area contributed by atoms with Gasteiger partial charge in [0.2, 0.25) is 0 Å². The van der Waals surface area contributed by atoms with E-state index in [0.717, 1.165) is 19.3 Å². The molecule has 0 saturated heterocycles. The zero-order valence-corrected chi connectivity index (χ0v) is 13.0. The standard InChI is InChI=1S/C14H19Cl2NO3/c1-17(7-3-2-4-8-18)14(19)10-20-11-5-6-12(15)13(16)9-11/h5-6,9,18H,2-4,7-8,10H2,1H3. The first-order valence-electron chi connectivity index (χ1n) is 6.47. The molecule has 4 nitrogen and oxygen atoms in total. The molecule has 0 bridgehead atoms. The van der Waals surface area contributed by atoms with Crippen LogP contribution < -0.4 is 4.74 Å². The summed E-state index contributed by atoms with van der Waals surface area (Å²) in [6.07, 6.45) is 2.54. The fourth-order valence-corrected chi connectivity index (χ4v) is 1.87. The number of hydrogen-bond acceptors (Lipinski definition) is 3. The lowest BCUT2D eigenvalue weighted by molar-refractivity contribution is -0.132. The number of rotatable bonds is 8. The van der Waals surface area contributed by atoms with Gasteiger partial charge in [0.25, 0.3) is 5.91 Å². The first-order chi connectivity index (χ1) is 9.54. The minimum atomic E-state index is -0.0972. The van der Waals surface area contributed by atoms with Crippen molar-refractivity contribution in [3.8, 4) is 5.75 Å². The second-order valence-electron chi connectivity index (χ2n) is 4.46. The average molecular weight is 320 g/mol. The number of halogens is 2. The topological polar surface area (TPSA) is 49.8 Å². The Bertz CT molecular complexity index is 440. The summed E-state index contributed by atoms with van der Waals surface area (Å²) in [5.74, 6) is 0.418. The Kier molecular flexibility index (Phi) is 7.73. The van der Waals surface area contributed by atoms with Gasteiger partial charge in [-0.25, -0.2) is 0 Å². The van der Waals surface area contributed by atoms with E-state index in [4.69, 9.17) is 33.0 Å². The molecule has 0 aromatic heterocycles. The van der Waals surface area contributed by atoms with Crippen LogP contribution in [0.1, 0.15) is 19.3 Å². The Morgan fingerprint density at radius 3 is 2.65 bits per heavy atom. The van der Waals surface area contributed by atoms with Gasteiger partial charge in [0.1, 0.15) is 5.75 Å². The van der Waals surface area contributed by atoms with Crippen LogP contribution in [0.5, 0.6) is 5.75 Å². The van der Waals surface area contributed by atoms with Crippen molar-refractivity contribution in [2.24, 2.45) is 0 Å². The van der Waals surface area contributed by atoms with Gasteiger partial charge in [-0.05, 0) is 31.4 Å². The largest absolute Gasteiger partial charge is 0.484 e. The first kappa shape index (κ1) is 17.1. The van der Waals surface area contributed by atoms with Crippen molar-refractivity contribution >= 4 is 29.1 Å². The number of carbonyl (C=O) groups is 1. The molecule has 0 heterocycles. The third-order valence-electron chi connectivity index (χ3n) is 2.83. The summed E-state index contributed by atoms with van der Waals surface area (Å²) in [6, 6.07) is 4.88. The number of likely N-dealkylation sites (N-methyl/N-ethyl adjacent to an activating group) is 1. The minimum absolute atomic E-state index is 0.0333. The third kappa shape index (κ3) is 5.99. The van der Waals surface area contributed by atoms with Gasteiger partial charge in [0.15, 0.2) is 6.61 Å². The van der Waals surface area contributed by atoms with E-state index in [1.807, 2.05) is 0 Å². The molecule has 0 fully saturated rings. The minimum Gasteiger partial charge on any atom is -0.484 e. The van der Waals surface area contributed by atoms with Gasteiger partial charge in [-0.3, -0.25) is 4.79 Å². The fourth-order valence-electron chi connectivity index (χ4n) is 1.58. The molecular weight excluding hydrogens is 301 g/mol. The highest BCUT2D eigenvalue weighted by molar-refractivity contribution is 6.42. The van der Waals surface area contributed by atoms with Crippen LogP contribution in [0.2, 0.25) is 10.0 Å². The number of ether oxygens (including phenoxy) is 1. The van der Waals surface area contributed by atoms with Gasteiger partial charge in [-0.15, -0.1) is 0 Å². The highest BCUT2D eigenvalue weighted by Gasteiger charge is 2.09. The lowest BCUT2D eigenvalue weighted by Crippen LogP contribution is -2.32. The van der Waals surface area contributed by atoms with Crippen molar-refractivity contribution in [3.63, 3.8) is 0 Å². The zero-order chi connectivity index (χ0) is 15.0. The van der Waals surface area contributed by atoms with Crippen LogP contribution in [0.15, 0.2) is 18.2 Å². The summed E-state index contributed by atoms with van der Waals surface area (Å²) in [6.45, 7) is 0.816. The van der Waals surface area contributed by atoms with E-state index >= 15 is 0 Å². The van der Waals surface area contributed by atoms with Crippen molar-refractivity contribution in [2.75, 3.05) is 26.8 Å². The SMILES string of the molecule is CN(CCCCCO)C(=O)COc1ccc(Cl)c(Cl)c1. The van der Waals surface area contributed by atoms with Crippen molar-refractivity contribution in [2.45, 2.75) is 19.3 Å². The molecule has 6 heteroatoms. The number of carbonyl (C=O) groups excluding carboxylic acids is 1. The number of benzene rings is 1. The van der Waals surface area contributed by atoms with Crippen LogP contribution in [-0.2, 0) is 4.79 Å². The third-order valence-corrected chi connectivity index (χ3v) is 3.57. The second-order valence-corrected chi connectivity index (χ2v) is 5.28. The predicted octanol–water partition coefficient (Wildman–Crippen LogP) is 2.99. The molecule has 1 N–H and O–H groups in total. The lowest BCUT2D eigenvalue weighted by atomic mass is 10.2. The molecule has 1 aromatic rings. The summed E-state index contributed by atoms with van der Waals surface area (Å²) in [5, 5.41) is 9.52. The Hall–Kier alpha value is -0.970. The normalized spacial score (nSPS) is 10.4. The maximum atomic E-state index is 11.8. The number of hydrogen-bond donors (Lipinski definition) is 1. The Morgan fingerprint density at radius 1 is 1.25 bits per heavy atom. The second kappa shape index (κ2) is 9.06. The van der Waals surface area contributed by atoms with Gasteiger partial charge in [-0.2, -0.15) is 0 Å². The summed E-state index contributed by atoms with van der Waals surface area (Å²) in [7, 11) is 1.74. The van der Waals surface area contributed by atoms with E-state index in [2.05, 4.69) is 0 Å². The highest BCUT2D eigenvalue weighted by Crippen LogP contribution is 2.26. The van der Waals surface area contributed by atoms with Crippen molar-refractivity contribution in [1.29, 1.82) is 0 Å². The molecule has 0 aliphatic rings. The first-order valence-corrected chi connectivity index (χ1v) is 7.23. The molecule has 0 radical (unpaired) electrons. The maximum Gasteiger partial charge on any atom is 0.260 e. The van der Waals surface area contributed by atoms with Gasteiger partial charge in [0, 0.05) is 26.3 Å². The van der Waals surface area contributed by atoms with Crippen LogP contribution >= 0.6 is 23.2 Å². The van der Waals surface area contributed by atoms with Gasteiger partial charge in [-0.1, -0.05) is 23.2 Å². The number of unbranched alkanes of at least 4 members (excludes halogenated alkanes) is 2. The van der Waals surface area contributed by atoms with Crippen molar-refractivity contribution in [1.82, 2.24) is 4.90 Å². The number of aliphatic hydroxyl groups excluding tert-OH is 1. The number of amides is 1. The Balaban J connectivity index is 2.32. The van der Waals surface area contributed by atoms with Crippen LogP contribution in [0.4, 0.5) is 0 Å². The summed E-state index contributed by atoms with van der Waals surface area (Å²) >= 11 is 11.7. The summed E-state index contributed by atoms with van der Waals surface area (Å²) in [4.78, 5) is 13.4. The van der Waals surface area contributed by atoms with E-state index in [-0.39, 0.29) is 19.1 Å². The molecule has 0 aliphatic carbocycles. The molecule has 0 aliphatic heterocycles. The van der Waals surface area contributed by atoms with Crippen LogP contribution in [0, 0.1) is 0 Å². The maximum absolute atomic E-state index is 11.8. The smallest absolute Gasteiger partial charge is 0.260 e. The molecule has 1 amide bonds. The van der Waals surface area contributed by atoms with E-state index in [0.29, 0.717) is 22.3 Å². The quantitative estimate of drug-likeness (QED) is 0.749. The molecule has 20 heavy (non-hydrogen) atoms. The molecule has 0 unspecified atom stereocenters. The van der Waals surface area contributed by atoms with Crippen LogP contribution in [0.25, 0.3) is 0 Å². The van der Waals surface area contributed by atoms with E-state index < -0.39 is 0 Å². The van der Waals surface area contributed by atoms with E-state index in [9.17, 15) is 4.79 Å². The lowest BCUT2D eigenvalue weighted by Gasteiger charge is -2.17. The van der Waals surface area contributed by atoms with Gasteiger partial charge in [0.05, 0.1) is 10.0 Å². The van der Waals surface area contributed by atoms with Gasteiger partial charge >= 0.3 is 0 Å². The summed E-state index contributed by atoms with van der Waals surface area (Å²) in [5.41, 5.74) is 0. The molecule has 1 aromatic carbocycles. The van der Waals surface area contributed by atoms with E-state index in [1.165, 1.54) is 0 Å². The van der Waals surface area contributed by atoms with Crippen molar-refractivity contribution < 1.29 is 14.6 Å². The fraction of sp³-hybridized carbons (Fsp3) is 0.500. The molecule has 0 saturated carbocycles. The van der Waals surface area contributed by atoms with Gasteiger partial charge < -0.3 is 14.7 Å². The Morgan fingerprint density at radius 2 is 2.00 bits per heavy atom. The molecule has 112 valence electrons. The van der Waals surface area contributed by atoms with Crippen LogP contribution in [0.3, 0.4) is 0 Å². The van der Waals surface area contributed by atoms with Crippen LogP contribution in [-0.4, -0.2) is 42.7 Å². The molecule has 1 rings (SSSR count). The van der Waals surface area contributed by atoms with Crippen molar-refractivity contribution in [3.05, 3.63) is 28.2 Å². The zero-order valence-electron chi connectivity index (χ0n) is 11.4. The van der Waals surface area contributed by atoms with E-state index in [1.54, 1.807) is 30.1 Å². The predicted molar refractivity (Wildman–Crippen MR) is 80.5 cm³/mol. The molecule has 0 spiro atoms. The number of aliphatic hydroxyl groups is 1. The Labute approximate surface area is 129 Å². The highest BCUT2D eigenvalue weighted by atomic mass is 35.5. The number of nitrogens with zero attached hydrogens (tertiary/aromatic N) is 1. The molecule has 0 atom stereocenters.